The Morgan fingerprint density at radius 2 is 1.89 bits per heavy atom. The van der Waals surface area contributed by atoms with Crippen LogP contribution in [-0.4, -0.2) is 34.0 Å². The molecule has 0 aliphatic carbocycles. The highest BCUT2D eigenvalue weighted by Crippen LogP contribution is 2.19. The molecule has 1 aromatic rings. The second-order valence-corrected chi connectivity index (χ2v) is 6.35. The molecule has 0 atom stereocenters. The van der Waals surface area contributed by atoms with E-state index in [1.54, 1.807) is 6.92 Å². The van der Waals surface area contributed by atoms with Crippen molar-refractivity contribution in [3.63, 3.8) is 0 Å². The Kier molecular flexibility index (Phi) is 4.31. The molecule has 0 fully saturated rings. The van der Waals surface area contributed by atoms with Gasteiger partial charge in [-0.2, -0.15) is 0 Å². The van der Waals surface area contributed by atoms with Crippen molar-refractivity contribution in [3.05, 3.63) is 23.8 Å². The van der Waals surface area contributed by atoms with Crippen molar-refractivity contribution in [3.8, 4) is 5.75 Å². The summed E-state index contributed by atoms with van der Waals surface area (Å²) in [6.45, 7) is -3.92. The predicted octanol–water partition coefficient (Wildman–Crippen LogP) is 1.47. The molecule has 102 valence electrons. The molecule has 0 saturated heterocycles. The summed E-state index contributed by atoms with van der Waals surface area (Å²) in [6.07, 6.45) is 1.00. The molecule has 0 radical (unpaired) electrons. The fourth-order valence-corrected chi connectivity index (χ4v) is 1.74. The van der Waals surface area contributed by atoms with Crippen molar-refractivity contribution in [1.29, 1.82) is 0 Å². The van der Waals surface area contributed by atoms with Crippen LogP contribution in [0.4, 0.5) is 12.9 Å². The Morgan fingerprint density at radius 3 is 2.39 bits per heavy atom. The first-order valence-corrected chi connectivity index (χ1v) is 7.26. The molecule has 1 rings (SSSR count). The molecule has 18 heavy (non-hydrogen) atoms. The van der Waals surface area contributed by atoms with Gasteiger partial charge in [-0.1, -0.05) is 23.2 Å². The molecule has 0 N–H and O–H groups in total. The van der Waals surface area contributed by atoms with E-state index in [0.29, 0.717) is 5.56 Å². The smallest absolute Gasteiger partial charge is 0.496 e. The van der Waals surface area contributed by atoms with E-state index in [9.17, 15) is 21.4 Å². The largest absolute Gasteiger partial charge is 0.513 e. The van der Waals surface area contributed by atoms with Crippen LogP contribution in [0.2, 0.25) is 0 Å². The quantitative estimate of drug-likeness (QED) is 0.768. The molecule has 1 aromatic carbocycles. The summed E-state index contributed by atoms with van der Waals surface area (Å²) in [5, 5.41) is 0. The maximum Gasteiger partial charge on any atom is 0.513 e. The number of halogens is 3. The van der Waals surface area contributed by atoms with Gasteiger partial charge in [0.1, 0.15) is 6.61 Å². The summed E-state index contributed by atoms with van der Waals surface area (Å²) in [5.41, 5.74) is -0.358. The van der Waals surface area contributed by atoms with E-state index in [4.69, 9.17) is 4.74 Å². The molecule has 3 nitrogen and oxygen atoms in total. The normalized spacial score (nSPS) is 12.5. The Morgan fingerprint density at radius 1 is 1.28 bits per heavy atom. The molecule has 0 saturated carbocycles. The van der Waals surface area contributed by atoms with Crippen molar-refractivity contribution in [2.24, 2.45) is 0 Å². The zero-order valence-corrected chi connectivity index (χ0v) is 10.8. The predicted molar refractivity (Wildman–Crippen MR) is 65.1 cm³/mol. The van der Waals surface area contributed by atoms with Crippen molar-refractivity contribution < 1.29 is 26.1 Å². The van der Waals surface area contributed by atoms with E-state index in [0.717, 1.165) is 12.3 Å². The molecular weight excluding hydrogens is 268 g/mol. The first-order valence-electron chi connectivity index (χ1n) is 5.20. The summed E-state index contributed by atoms with van der Waals surface area (Å²) >= 11 is 0. The SMILES string of the molecule is Cc1ccc(OCCS(C)(=O)=O)c([B-](F)(F)F)c1. The van der Waals surface area contributed by atoms with Crippen LogP contribution >= 0.6 is 0 Å². The molecular formula is C10H13BF3O3S-. The first-order chi connectivity index (χ1) is 8.09. The van der Waals surface area contributed by atoms with Gasteiger partial charge in [0.25, 0.3) is 0 Å². The second kappa shape index (κ2) is 5.21. The molecule has 0 heterocycles. The highest BCUT2D eigenvalue weighted by molar-refractivity contribution is 7.90. The number of sulfone groups is 1. The third-order valence-corrected chi connectivity index (χ3v) is 3.14. The van der Waals surface area contributed by atoms with Crippen molar-refractivity contribution in [1.82, 2.24) is 0 Å². The summed E-state index contributed by atoms with van der Waals surface area (Å²) < 4.78 is 64.9. The van der Waals surface area contributed by atoms with E-state index in [1.165, 1.54) is 12.1 Å². The van der Waals surface area contributed by atoms with Gasteiger partial charge in [-0.25, -0.2) is 8.42 Å². The summed E-state index contributed by atoms with van der Waals surface area (Å²) in [7, 11) is -3.25. The molecule has 0 amide bonds. The van der Waals surface area contributed by atoms with Crippen molar-refractivity contribution >= 4 is 22.3 Å². The van der Waals surface area contributed by atoms with Gasteiger partial charge < -0.3 is 17.7 Å². The van der Waals surface area contributed by atoms with Gasteiger partial charge in [0.15, 0.2) is 9.84 Å². The maximum atomic E-state index is 12.8. The molecule has 0 aliphatic rings. The number of rotatable bonds is 5. The number of hydrogen-bond acceptors (Lipinski definition) is 3. The number of benzene rings is 1. The molecule has 0 spiro atoms. The third-order valence-electron chi connectivity index (χ3n) is 2.23. The fraction of sp³-hybridized carbons (Fsp3) is 0.400. The van der Waals surface area contributed by atoms with Gasteiger partial charge in [0.2, 0.25) is 0 Å². The van der Waals surface area contributed by atoms with E-state index >= 15 is 0 Å². The van der Waals surface area contributed by atoms with Crippen molar-refractivity contribution in [2.75, 3.05) is 18.6 Å². The van der Waals surface area contributed by atoms with E-state index in [1.807, 2.05) is 0 Å². The number of hydrogen-bond donors (Lipinski definition) is 0. The molecule has 0 aliphatic heterocycles. The minimum Gasteiger partial charge on any atom is -0.496 e. The topological polar surface area (TPSA) is 43.4 Å². The Hall–Kier alpha value is -1.18. The van der Waals surface area contributed by atoms with Crippen LogP contribution in [-0.2, 0) is 9.84 Å². The van der Waals surface area contributed by atoms with Crippen LogP contribution in [0.25, 0.3) is 0 Å². The minimum atomic E-state index is -5.18. The van der Waals surface area contributed by atoms with Crippen LogP contribution < -0.4 is 10.2 Å². The number of ether oxygens (including phenoxy) is 1. The highest BCUT2D eigenvalue weighted by Gasteiger charge is 2.29. The van der Waals surface area contributed by atoms with Gasteiger partial charge in [0, 0.05) is 6.26 Å². The van der Waals surface area contributed by atoms with Gasteiger partial charge in [-0.05, 0) is 13.0 Å². The lowest BCUT2D eigenvalue weighted by Crippen LogP contribution is -2.36. The van der Waals surface area contributed by atoms with Crippen LogP contribution in [0.1, 0.15) is 5.56 Å². The Labute approximate surface area is 104 Å². The molecule has 0 aromatic heterocycles. The lowest BCUT2D eigenvalue weighted by molar-refractivity contribution is 0.341. The molecule has 0 unspecified atom stereocenters. The summed E-state index contributed by atoms with van der Waals surface area (Å²) in [6, 6.07) is 3.69. The Bertz CT molecular complexity index is 526. The average Bonchev–Trinajstić information content (AvgIpc) is 2.17. The summed E-state index contributed by atoms with van der Waals surface area (Å²) in [4.78, 5) is 0. The average molecular weight is 281 g/mol. The molecule has 0 bridgehead atoms. The summed E-state index contributed by atoms with van der Waals surface area (Å²) in [5.74, 6) is -0.637. The van der Waals surface area contributed by atoms with E-state index in [-0.39, 0.29) is 18.1 Å². The zero-order valence-electron chi connectivity index (χ0n) is 9.99. The third kappa shape index (κ3) is 4.60. The fourth-order valence-electron chi connectivity index (χ4n) is 1.36. The van der Waals surface area contributed by atoms with Crippen LogP contribution in [0, 0.1) is 6.92 Å². The van der Waals surface area contributed by atoms with Crippen LogP contribution in [0.15, 0.2) is 18.2 Å². The highest BCUT2D eigenvalue weighted by atomic mass is 32.2. The lowest BCUT2D eigenvalue weighted by Gasteiger charge is -2.20. The van der Waals surface area contributed by atoms with E-state index in [2.05, 4.69) is 0 Å². The molecule has 8 heteroatoms. The standard InChI is InChI=1S/C10H13BF3O3S/c1-8-3-4-10(9(7-8)11(12,13)14)17-5-6-18(2,15)16/h3-4,7H,5-6H2,1-2H3/q-1. The van der Waals surface area contributed by atoms with Gasteiger partial charge in [-0.3, -0.25) is 0 Å². The monoisotopic (exact) mass is 281 g/mol. The first kappa shape index (κ1) is 14.9. The second-order valence-electron chi connectivity index (χ2n) is 4.09. The zero-order chi connectivity index (χ0) is 14.0. The minimum absolute atomic E-state index is 0.291. The van der Waals surface area contributed by atoms with Crippen LogP contribution in [0.3, 0.4) is 0 Å². The van der Waals surface area contributed by atoms with Crippen molar-refractivity contribution in [2.45, 2.75) is 6.92 Å². The number of aryl methyl sites for hydroxylation is 1. The Balaban J connectivity index is 2.89. The van der Waals surface area contributed by atoms with Gasteiger partial charge >= 0.3 is 6.98 Å². The van der Waals surface area contributed by atoms with Crippen LogP contribution in [0.5, 0.6) is 5.75 Å². The van der Waals surface area contributed by atoms with E-state index < -0.39 is 22.3 Å². The maximum absolute atomic E-state index is 12.8. The van der Waals surface area contributed by atoms with Gasteiger partial charge in [0.05, 0.1) is 11.5 Å². The van der Waals surface area contributed by atoms with Gasteiger partial charge in [-0.15, -0.1) is 0 Å². The lowest BCUT2D eigenvalue weighted by atomic mass is 9.78.